The van der Waals surface area contributed by atoms with E-state index in [1.54, 1.807) is 36.8 Å². The molecule has 0 saturated carbocycles. The van der Waals surface area contributed by atoms with Crippen molar-refractivity contribution in [2.24, 2.45) is 0 Å². The van der Waals surface area contributed by atoms with Crippen LogP contribution in [-0.4, -0.2) is 77.6 Å². The van der Waals surface area contributed by atoms with E-state index in [0.29, 0.717) is 41.0 Å². The SMILES string of the molecule is CCCS(=O)(=O)Nc1cc(-c2cc(NC(=O)c3csc(CN4CC(C)OC(C)C4)n3)c3cn[nH]c3c2)cnc1OC. The number of anilines is 2. The average molecular weight is 600 g/mol. The Balaban J connectivity index is 1.39. The largest absolute Gasteiger partial charge is 0.480 e. The molecule has 1 saturated heterocycles. The van der Waals surface area contributed by atoms with Gasteiger partial charge in [-0.25, -0.2) is 18.4 Å². The smallest absolute Gasteiger partial charge is 0.275 e. The monoisotopic (exact) mass is 599 g/mol. The van der Waals surface area contributed by atoms with Crippen LogP contribution in [0.5, 0.6) is 5.88 Å². The second kappa shape index (κ2) is 12.1. The molecule has 3 aromatic heterocycles. The van der Waals surface area contributed by atoms with E-state index in [1.807, 2.05) is 6.07 Å². The number of morpholine rings is 1. The second-order valence-electron chi connectivity index (χ2n) is 10.1. The summed E-state index contributed by atoms with van der Waals surface area (Å²) in [5, 5.41) is 13.4. The van der Waals surface area contributed by atoms with Gasteiger partial charge in [0.25, 0.3) is 5.91 Å². The van der Waals surface area contributed by atoms with Crippen LogP contribution in [-0.2, 0) is 21.3 Å². The number of benzene rings is 1. The zero-order chi connectivity index (χ0) is 29.1. The Hall–Kier alpha value is -3.59. The van der Waals surface area contributed by atoms with Gasteiger partial charge >= 0.3 is 0 Å². The van der Waals surface area contributed by atoms with Crippen molar-refractivity contribution in [1.29, 1.82) is 0 Å². The molecule has 2 unspecified atom stereocenters. The van der Waals surface area contributed by atoms with E-state index in [2.05, 4.69) is 49.0 Å². The van der Waals surface area contributed by atoms with E-state index < -0.39 is 10.0 Å². The van der Waals surface area contributed by atoms with Gasteiger partial charge in [0.1, 0.15) is 16.4 Å². The van der Waals surface area contributed by atoms with Gasteiger partial charge < -0.3 is 14.8 Å². The molecule has 4 heterocycles. The summed E-state index contributed by atoms with van der Waals surface area (Å²) in [7, 11) is -2.14. The molecule has 14 heteroatoms. The standard InChI is InChI=1S/C27H33N7O5S2/c1-5-6-41(36,37)33-23-9-19(10-28-27(23)38-4)18-7-21(20-11-29-32-22(20)8-18)31-26(35)24-15-40-25(30-24)14-34-12-16(2)39-17(3)13-34/h7-11,15-17,33H,5-6,12-14H2,1-4H3,(H,29,32)(H,31,35). The number of sulfonamides is 1. The second-order valence-corrected chi connectivity index (χ2v) is 12.9. The Morgan fingerprint density at radius 1 is 1.17 bits per heavy atom. The number of H-pyrrole nitrogens is 1. The van der Waals surface area contributed by atoms with Crippen LogP contribution in [0.4, 0.5) is 11.4 Å². The molecule has 2 atom stereocenters. The number of aromatic amines is 1. The molecule has 0 bridgehead atoms. The number of carbonyl (C=O) groups is 1. The lowest BCUT2D eigenvalue weighted by Crippen LogP contribution is -2.44. The molecule has 4 aromatic rings. The summed E-state index contributed by atoms with van der Waals surface area (Å²) in [4.78, 5) is 24.4. The minimum atomic E-state index is -3.57. The highest BCUT2D eigenvalue weighted by Gasteiger charge is 2.24. The van der Waals surface area contributed by atoms with Crippen molar-refractivity contribution in [3.8, 4) is 17.0 Å². The van der Waals surface area contributed by atoms with Crippen molar-refractivity contribution in [2.45, 2.75) is 45.9 Å². The normalized spacial score (nSPS) is 18.0. The van der Waals surface area contributed by atoms with Crippen LogP contribution in [0.15, 0.2) is 36.0 Å². The zero-order valence-corrected chi connectivity index (χ0v) is 24.9. The van der Waals surface area contributed by atoms with Crippen molar-refractivity contribution in [2.75, 3.05) is 36.0 Å². The van der Waals surface area contributed by atoms with E-state index in [9.17, 15) is 13.2 Å². The Kier molecular flexibility index (Phi) is 8.54. The van der Waals surface area contributed by atoms with Crippen molar-refractivity contribution in [3.63, 3.8) is 0 Å². The number of aromatic nitrogens is 4. The van der Waals surface area contributed by atoms with Gasteiger partial charge in [-0.1, -0.05) is 6.92 Å². The van der Waals surface area contributed by atoms with Crippen LogP contribution in [0.2, 0.25) is 0 Å². The molecule has 218 valence electrons. The van der Waals surface area contributed by atoms with Crippen molar-refractivity contribution >= 4 is 49.5 Å². The molecule has 12 nitrogen and oxygen atoms in total. The summed E-state index contributed by atoms with van der Waals surface area (Å²) in [6.45, 7) is 8.20. The van der Waals surface area contributed by atoms with Crippen LogP contribution in [0.25, 0.3) is 22.0 Å². The van der Waals surface area contributed by atoms with Gasteiger partial charge in [-0.2, -0.15) is 5.10 Å². The number of methoxy groups -OCH3 is 1. The topological polar surface area (TPSA) is 151 Å². The Labute approximate surface area is 242 Å². The Bertz CT molecular complexity index is 1640. The lowest BCUT2D eigenvalue weighted by Gasteiger charge is -2.34. The third kappa shape index (κ3) is 6.84. The van der Waals surface area contributed by atoms with E-state index in [-0.39, 0.29) is 35.4 Å². The summed E-state index contributed by atoms with van der Waals surface area (Å²) < 4.78 is 38.5. The predicted molar refractivity (Wildman–Crippen MR) is 159 cm³/mol. The zero-order valence-electron chi connectivity index (χ0n) is 23.3. The van der Waals surface area contributed by atoms with E-state index in [0.717, 1.165) is 23.5 Å². The Morgan fingerprint density at radius 2 is 1.93 bits per heavy atom. The van der Waals surface area contributed by atoms with Crippen LogP contribution < -0.4 is 14.8 Å². The predicted octanol–water partition coefficient (Wildman–Crippen LogP) is 4.10. The fourth-order valence-electron chi connectivity index (χ4n) is 4.93. The lowest BCUT2D eigenvalue weighted by atomic mass is 10.0. The fourth-order valence-corrected chi connectivity index (χ4v) is 6.87. The van der Waals surface area contributed by atoms with Gasteiger partial charge in [-0.3, -0.25) is 19.5 Å². The van der Waals surface area contributed by atoms with Crippen LogP contribution >= 0.6 is 11.3 Å². The van der Waals surface area contributed by atoms with Crippen LogP contribution in [0, 0.1) is 0 Å². The molecule has 1 fully saturated rings. The maximum atomic E-state index is 13.3. The molecule has 1 aliphatic heterocycles. The highest BCUT2D eigenvalue weighted by atomic mass is 32.2. The van der Waals surface area contributed by atoms with Crippen LogP contribution in [0.1, 0.15) is 42.7 Å². The number of carbonyl (C=O) groups excluding carboxylic acids is 1. The molecule has 0 radical (unpaired) electrons. The minimum absolute atomic E-state index is 0.0281. The highest BCUT2D eigenvalue weighted by Crippen LogP contribution is 2.34. The molecule has 1 aromatic carbocycles. The van der Waals surface area contributed by atoms with Gasteiger partial charge in [-0.05, 0) is 44.0 Å². The van der Waals surface area contributed by atoms with Gasteiger partial charge in [0.2, 0.25) is 15.9 Å². The number of rotatable bonds is 10. The quantitative estimate of drug-likeness (QED) is 0.245. The number of nitrogens with zero attached hydrogens (tertiary/aromatic N) is 4. The Morgan fingerprint density at radius 3 is 2.66 bits per heavy atom. The molecule has 5 rings (SSSR count). The number of amides is 1. The minimum Gasteiger partial charge on any atom is -0.480 e. The number of hydrogen-bond acceptors (Lipinski definition) is 10. The number of nitrogens with one attached hydrogen (secondary N) is 3. The van der Waals surface area contributed by atoms with Crippen molar-refractivity contribution in [1.82, 2.24) is 25.1 Å². The molecule has 0 spiro atoms. The molecule has 1 amide bonds. The average Bonchev–Trinajstić information content (AvgIpc) is 3.57. The molecular formula is C27H33N7O5S2. The molecule has 3 N–H and O–H groups in total. The van der Waals surface area contributed by atoms with Crippen molar-refractivity contribution in [3.05, 3.63) is 46.7 Å². The maximum absolute atomic E-state index is 13.3. The first-order valence-corrected chi connectivity index (χ1v) is 15.8. The summed E-state index contributed by atoms with van der Waals surface area (Å²) in [5.41, 5.74) is 3.10. The number of ether oxygens (including phenoxy) is 2. The highest BCUT2D eigenvalue weighted by molar-refractivity contribution is 7.92. The van der Waals surface area contributed by atoms with E-state index in [1.165, 1.54) is 18.4 Å². The van der Waals surface area contributed by atoms with E-state index >= 15 is 0 Å². The first kappa shape index (κ1) is 28.9. The van der Waals surface area contributed by atoms with Gasteiger partial charge in [0.15, 0.2) is 0 Å². The number of hydrogen-bond donors (Lipinski definition) is 3. The third-order valence-corrected chi connectivity index (χ3v) is 8.87. The van der Waals surface area contributed by atoms with Gasteiger partial charge in [-0.15, -0.1) is 11.3 Å². The number of pyridine rings is 1. The summed E-state index contributed by atoms with van der Waals surface area (Å²) in [6, 6.07) is 5.31. The molecular weight excluding hydrogens is 566 g/mol. The van der Waals surface area contributed by atoms with Crippen molar-refractivity contribution < 1.29 is 22.7 Å². The van der Waals surface area contributed by atoms with Gasteiger partial charge in [0, 0.05) is 35.6 Å². The molecule has 41 heavy (non-hydrogen) atoms. The summed E-state index contributed by atoms with van der Waals surface area (Å²) in [5.74, 6) is -0.207. The van der Waals surface area contributed by atoms with Crippen LogP contribution in [0.3, 0.4) is 0 Å². The van der Waals surface area contributed by atoms with E-state index in [4.69, 9.17) is 9.47 Å². The maximum Gasteiger partial charge on any atom is 0.275 e. The molecule has 0 aliphatic carbocycles. The third-order valence-electron chi connectivity index (χ3n) is 6.56. The first-order valence-electron chi connectivity index (χ1n) is 13.3. The number of thiazole rings is 1. The summed E-state index contributed by atoms with van der Waals surface area (Å²) >= 11 is 1.45. The first-order chi connectivity index (χ1) is 19.6. The summed E-state index contributed by atoms with van der Waals surface area (Å²) in [6.07, 6.45) is 3.99. The fraction of sp³-hybridized carbons (Fsp3) is 0.407. The van der Waals surface area contributed by atoms with Gasteiger partial charge in [0.05, 0.1) is 49.0 Å². The molecule has 1 aliphatic rings. The lowest BCUT2D eigenvalue weighted by molar-refractivity contribution is -0.0705. The number of fused-ring (bicyclic) bond motifs is 1.